The zero-order valence-corrected chi connectivity index (χ0v) is 36.1. The monoisotopic (exact) mass is 886 g/mol. The molecule has 0 saturated heterocycles. The SMILES string of the molecule is [C-]#[N+]C1=C(c2ccccn2)/C(=C(/C#N)c2cc(C#N)cc(C#N)c2)c2c1c(-c1ccc(C#N)cc1)c1c(c2-c2ccc(C#N)cc2)C(C#N)=C(c2ccccn2)/C1=C(/[N+]#[C-])c1cc(C#N)cc(C#N)c1. The molecule has 12 heteroatoms. The molecule has 0 aliphatic heterocycles. The van der Waals surface area contributed by atoms with Gasteiger partial charge in [-0.1, -0.05) is 36.4 Å². The smallest absolute Gasteiger partial charge is 0.205 e. The zero-order chi connectivity index (χ0) is 49.1. The van der Waals surface area contributed by atoms with Gasteiger partial charge in [0.25, 0.3) is 0 Å². The van der Waals surface area contributed by atoms with Gasteiger partial charge < -0.3 is 0 Å². The molecule has 2 aliphatic carbocycles. The van der Waals surface area contributed by atoms with E-state index in [0.29, 0.717) is 33.4 Å². The second kappa shape index (κ2) is 18.0. The lowest BCUT2D eigenvalue weighted by Gasteiger charge is -2.24. The van der Waals surface area contributed by atoms with Crippen LogP contribution in [0, 0.1) is 104 Å². The molecule has 0 spiro atoms. The van der Waals surface area contributed by atoms with Crippen LogP contribution in [0.1, 0.15) is 78.1 Å². The largest absolute Gasteiger partial charge is 0.258 e. The normalized spacial score (nSPS) is 13.2. The van der Waals surface area contributed by atoms with Gasteiger partial charge in [-0.15, -0.1) is 0 Å². The molecule has 0 amide bonds. The lowest BCUT2D eigenvalue weighted by molar-refractivity contribution is 1.28. The maximum atomic E-state index is 11.7. The molecule has 12 nitrogen and oxygen atoms in total. The summed E-state index contributed by atoms with van der Waals surface area (Å²) in [5.41, 5.74) is 5.15. The van der Waals surface area contributed by atoms with Crippen molar-refractivity contribution in [2.75, 3.05) is 0 Å². The summed E-state index contributed by atoms with van der Waals surface area (Å²) in [7, 11) is 0. The van der Waals surface area contributed by atoms with E-state index in [1.54, 1.807) is 84.9 Å². The van der Waals surface area contributed by atoms with Crippen LogP contribution in [0.15, 0.2) is 134 Å². The molecule has 0 N–H and O–H groups in total. The number of hydrogen-bond donors (Lipinski definition) is 0. The Morgan fingerprint density at radius 1 is 0.429 bits per heavy atom. The molecule has 70 heavy (non-hydrogen) atoms. The van der Waals surface area contributed by atoms with Gasteiger partial charge >= 0.3 is 0 Å². The van der Waals surface area contributed by atoms with Gasteiger partial charge in [-0.3, -0.25) is 9.97 Å². The van der Waals surface area contributed by atoms with Crippen LogP contribution in [0.25, 0.3) is 76.8 Å². The van der Waals surface area contributed by atoms with Crippen LogP contribution in [-0.2, 0) is 0 Å². The van der Waals surface area contributed by atoms with Gasteiger partial charge in [0.05, 0.1) is 105 Å². The minimum atomic E-state index is -0.0662. The molecule has 9 rings (SSSR count). The quantitative estimate of drug-likeness (QED) is 0.113. The second-order valence-corrected chi connectivity index (χ2v) is 15.5. The van der Waals surface area contributed by atoms with Crippen LogP contribution in [0.5, 0.6) is 0 Å². The maximum Gasteiger partial charge on any atom is 0.205 e. The van der Waals surface area contributed by atoms with E-state index >= 15 is 0 Å². The van der Waals surface area contributed by atoms with E-state index in [-0.39, 0.29) is 112 Å². The lowest BCUT2D eigenvalue weighted by Crippen LogP contribution is -2.05. The molecule has 0 saturated carbocycles. The number of nitrogens with zero attached hydrogens (tertiary/aromatic N) is 12. The molecule has 314 valence electrons. The number of rotatable bonds is 6. The predicted octanol–water partition coefficient (Wildman–Crippen LogP) is 11.5. The highest BCUT2D eigenvalue weighted by Crippen LogP contribution is 2.63. The van der Waals surface area contributed by atoms with Gasteiger partial charge in [0.2, 0.25) is 11.4 Å². The highest BCUT2D eigenvalue weighted by Gasteiger charge is 2.44. The minimum Gasteiger partial charge on any atom is -0.258 e. The van der Waals surface area contributed by atoms with Crippen molar-refractivity contribution < 1.29 is 0 Å². The fraction of sp³-hybridized carbons (Fsp3) is 0. The maximum absolute atomic E-state index is 11.7. The van der Waals surface area contributed by atoms with E-state index in [1.165, 1.54) is 48.8 Å². The number of fused-ring (bicyclic) bond motifs is 2. The van der Waals surface area contributed by atoms with Gasteiger partial charge in [-0.05, 0) is 141 Å². The summed E-state index contributed by atoms with van der Waals surface area (Å²) in [4.78, 5) is 17.8. The van der Waals surface area contributed by atoms with Gasteiger partial charge in [0, 0.05) is 34.7 Å². The first-order valence-electron chi connectivity index (χ1n) is 20.8. The van der Waals surface area contributed by atoms with E-state index in [2.05, 4.69) is 58.2 Å². The third-order valence-electron chi connectivity index (χ3n) is 11.8. The Labute approximate surface area is 400 Å². The average Bonchev–Trinajstić information content (AvgIpc) is 3.94. The first-order chi connectivity index (χ1) is 34.3. The number of benzene rings is 5. The Morgan fingerprint density at radius 3 is 1.30 bits per heavy atom. The molecular formula is C58H22N12. The fourth-order valence-electron chi connectivity index (χ4n) is 9.04. The van der Waals surface area contributed by atoms with E-state index in [4.69, 9.17) is 23.1 Å². The van der Waals surface area contributed by atoms with Crippen molar-refractivity contribution in [1.29, 1.82) is 42.1 Å². The Kier molecular flexibility index (Phi) is 11.2. The molecule has 7 aromatic rings. The summed E-state index contributed by atoms with van der Waals surface area (Å²) in [5, 5.41) is 83.9. The number of aromatic nitrogens is 2. The molecular weight excluding hydrogens is 865 g/mol. The molecule has 2 aliphatic rings. The Balaban J connectivity index is 1.66. The topological polar surface area (TPSA) is 225 Å². The highest BCUT2D eigenvalue weighted by molar-refractivity contribution is 6.38. The third-order valence-corrected chi connectivity index (χ3v) is 11.8. The number of nitriles is 8. The van der Waals surface area contributed by atoms with Crippen LogP contribution < -0.4 is 0 Å². The average molecular weight is 887 g/mol. The Hall–Kier alpha value is -11.7. The summed E-state index contributed by atoms with van der Waals surface area (Å²) in [5.74, 6) is 0. The molecule has 0 atom stereocenters. The van der Waals surface area contributed by atoms with Crippen molar-refractivity contribution in [3.8, 4) is 70.8 Å². The van der Waals surface area contributed by atoms with Crippen molar-refractivity contribution in [2.45, 2.75) is 0 Å². The van der Waals surface area contributed by atoms with Crippen molar-refractivity contribution in [3.05, 3.63) is 235 Å². The number of allylic oxidation sites excluding steroid dienone is 6. The summed E-state index contributed by atoms with van der Waals surface area (Å²) in [6.07, 6.45) is 3.07. The van der Waals surface area contributed by atoms with Gasteiger partial charge in [-0.25, -0.2) is 9.69 Å². The van der Waals surface area contributed by atoms with E-state index in [0.717, 1.165) is 0 Å². The molecule has 5 aromatic carbocycles. The van der Waals surface area contributed by atoms with Crippen LogP contribution >= 0.6 is 0 Å². The molecule has 0 fully saturated rings. The first kappa shape index (κ1) is 43.5. The summed E-state index contributed by atoms with van der Waals surface area (Å²) >= 11 is 0. The van der Waals surface area contributed by atoms with Gasteiger partial charge in [0.15, 0.2) is 0 Å². The van der Waals surface area contributed by atoms with E-state index < -0.39 is 0 Å². The standard InChI is InChI=1S/C58H22N12/c1-67-57(42-23-37(29-63)20-38(24-42)30-64)56-49(45-7-3-5-17-69-45)44(32-66)51-47(39-13-9-33(25-59)10-14-39)53-50(43(31-65)41-21-35(27-61)19-36(22-41)28-62)52(46-8-4-6-18-70-46)58(68-2)55(53)48(54(51)56)40-15-11-34(26-60)12-16-40/h3-24H/b50-43+,57-56-. The van der Waals surface area contributed by atoms with Gasteiger partial charge in [0.1, 0.15) is 12.1 Å². The van der Waals surface area contributed by atoms with Gasteiger partial charge in [-0.2, -0.15) is 42.1 Å². The van der Waals surface area contributed by atoms with Crippen molar-refractivity contribution in [2.24, 2.45) is 0 Å². The highest BCUT2D eigenvalue weighted by atomic mass is 14.8. The Bertz CT molecular complexity index is 3730. The molecule has 2 aromatic heterocycles. The molecule has 0 radical (unpaired) electrons. The molecule has 0 bridgehead atoms. The first-order valence-corrected chi connectivity index (χ1v) is 20.8. The molecule has 2 heterocycles. The second-order valence-electron chi connectivity index (χ2n) is 15.5. The minimum absolute atomic E-state index is 0.0113. The molecule has 0 unspecified atom stereocenters. The Morgan fingerprint density at radius 2 is 0.886 bits per heavy atom. The zero-order valence-electron chi connectivity index (χ0n) is 36.1. The van der Waals surface area contributed by atoms with Crippen LogP contribution in [0.2, 0.25) is 0 Å². The lowest BCUT2D eigenvalue weighted by atomic mass is 9.78. The van der Waals surface area contributed by atoms with Crippen LogP contribution in [0.3, 0.4) is 0 Å². The van der Waals surface area contributed by atoms with Crippen LogP contribution in [-0.4, -0.2) is 9.97 Å². The summed E-state index contributed by atoms with van der Waals surface area (Å²) in [6.45, 7) is 18.0. The summed E-state index contributed by atoms with van der Waals surface area (Å²) < 4.78 is 0. The number of pyridine rings is 2. The van der Waals surface area contributed by atoms with E-state index in [1.807, 2.05) is 0 Å². The fourth-order valence-corrected chi connectivity index (χ4v) is 9.04. The van der Waals surface area contributed by atoms with Crippen molar-refractivity contribution in [3.63, 3.8) is 0 Å². The number of hydrogen-bond acceptors (Lipinski definition) is 10. The predicted molar refractivity (Wildman–Crippen MR) is 259 cm³/mol. The van der Waals surface area contributed by atoms with Crippen LogP contribution in [0.4, 0.5) is 0 Å². The third kappa shape index (κ3) is 7.04. The summed E-state index contributed by atoms with van der Waals surface area (Å²) in [6, 6.07) is 49.4. The van der Waals surface area contributed by atoms with Crippen molar-refractivity contribution >= 4 is 44.8 Å². The van der Waals surface area contributed by atoms with Crippen molar-refractivity contribution in [1.82, 2.24) is 9.97 Å². The van der Waals surface area contributed by atoms with E-state index in [9.17, 15) is 42.1 Å².